The first kappa shape index (κ1) is 18.4. The van der Waals surface area contributed by atoms with Crippen molar-refractivity contribution in [2.45, 2.75) is 4.90 Å². The molecule has 0 saturated carbocycles. The fourth-order valence-electron chi connectivity index (χ4n) is 2.84. The van der Waals surface area contributed by atoms with Crippen molar-refractivity contribution in [2.75, 3.05) is 31.6 Å². The zero-order valence-electron chi connectivity index (χ0n) is 14.8. The molecule has 28 heavy (non-hydrogen) atoms. The molecule has 4 rings (SSSR count). The summed E-state index contributed by atoms with van der Waals surface area (Å²) in [5, 5.41) is 9.41. The molecule has 1 saturated heterocycles. The average Bonchev–Trinajstić information content (AvgIpc) is 3.41. The first-order valence-corrected chi connectivity index (χ1v) is 10.1. The second-order valence-electron chi connectivity index (χ2n) is 6.14. The lowest BCUT2D eigenvalue weighted by atomic mass is 10.2. The molecule has 1 aromatic carbocycles. The minimum atomic E-state index is -3.57. The maximum atomic E-state index is 12.6. The molecule has 0 unspecified atom stereocenters. The van der Waals surface area contributed by atoms with Gasteiger partial charge in [0.1, 0.15) is 5.69 Å². The Morgan fingerprint density at radius 1 is 1.14 bits per heavy atom. The number of nitrogens with one attached hydrogen (secondary N) is 2. The third-order valence-electron chi connectivity index (χ3n) is 4.32. The Labute approximate surface area is 161 Å². The second kappa shape index (κ2) is 7.58. The van der Waals surface area contributed by atoms with Gasteiger partial charge in [0, 0.05) is 24.8 Å². The summed E-state index contributed by atoms with van der Waals surface area (Å²) in [5.41, 5.74) is 1.24. The predicted octanol–water partition coefficient (Wildman–Crippen LogP) is 1.94. The van der Waals surface area contributed by atoms with Crippen LogP contribution in [0.1, 0.15) is 10.5 Å². The van der Waals surface area contributed by atoms with E-state index >= 15 is 0 Å². The Morgan fingerprint density at radius 3 is 2.57 bits per heavy atom. The Hall–Kier alpha value is -2.95. The normalized spacial score (nSPS) is 15.4. The Bertz CT molecular complexity index is 1050. The molecule has 1 amide bonds. The van der Waals surface area contributed by atoms with Crippen LogP contribution in [0, 0.1) is 0 Å². The monoisotopic (exact) mass is 402 g/mol. The van der Waals surface area contributed by atoms with E-state index in [0.29, 0.717) is 43.4 Å². The highest BCUT2D eigenvalue weighted by Crippen LogP contribution is 2.21. The van der Waals surface area contributed by atoms with Crippen molar-refractivity contribution in [3.05, 3.63) is 54.4 Å². The molecule has 2 N–H and O–H groups in total. The topological polar surface area (TPSA) is 118 Å². The lowest BCUT2D eigenvalue weighted by Crippen LogP contribution is -2.40. The molecule has 3 heterocycles. The van der Waals surface area contributed by atoms with E-state index in [-0.39, 0.29) is 10.6 Å². The molecule has 146 valence electrons. The number of benzene rings is 1. The SMILES string of the molecule is O=C(Nc1ccc(S(=O)(=O)N2CCOCC2)cc1)c1cc(-c2ccco2)[nH]n1. The van der Waals surface area contributed by atoms with Crippen LogP contribution in [0.5, 0.6) is 0 Å². The van der Waals surface area contributed by atoms with Crippen LogP contribution in [-0.2, 0) is 14.8 Å². The third kappa shape index (κ3) is 3.70. The van der Waals surface area contributed by atoms with E-state index in [0.717, 1.165) is 0 Å². The van der Waals surface area contributed by atoms with Gasteiger partial charge < -0.3 is 14.5 Å². The molecule has 0 spiro atoms. The molecular weight excluding hydrogens is 384 g/mol. The number of aromatic nitrogens is 2. The molecule has 10 heteroatoms. The number of hydrogen-bond acceptors (Lipinski definition) is 6. The number of aromatic amines is 1. The van der Waals surface area contributed by atoms with Gasteiger partial charge in [0.2, 0.25) is 10.0 Å². The van der Waals surface area contributed by atoms with Gasteiger partial charge in [0.25, 0.3) is 5.91 Å². The van der Waals surface area contributed by atoms with Crippen LogP contribution < -0.4 is 5.32 Å². The molecule has 1 aliphatic rings. The van der Waals surface area contributed by atoms with Gasteiger partial charge in [-0.3, -0.25) is 9.89 Å². The summed E-state index contributed by atoms with van der Waals surface area (Å²) in [4.78, 5) is 12.5. The largest absolute Gasteiger partial charge is 0.463 e. The summed E-state index contributed by atoms with van der Waals surface area (Å²) in [6.07, 6.45) is 1.53. The van der Waals surface area contributed by atoms with Crippen LogP contribution in [0.4, 0.5) is 5.69 Å². The quantitative estimate of drug-likeness (QED) is 0.673. The predicted molar refractivity (Wildman–Crippen MR) is 100 cm³/mol. The van der Waals surface area contributed by atoms with Crippen molar-refractivity contribution in [1.29, 1.82) is 0 Å². The van der Waals surface area contributed by atoms with Gasteiger partial charge in [-0.1, -0.05) is 0 Å². The molecule has 2 aromatic heterocycles. The van der Waals surface area contributed by atoms with Crippen LogP contribution in [0.2, 0.25) is 0 Å². The van der Waals surface area contributed by atoms with Crippen LogP contribution in [0.25, 0.3) is 11.5 Å². The van der Waals surface area contributed by atoms with E-state index in [1.165, 1.54) is 22.7 Å². The minimum absolute atomic E-state index is 0.173. The van der Waals surface area contributed by atoms with Crippen LogP contribution >= 0.6 is 0 Å². The summed E-state index contributed by atoms with van der Waals surface area (Å²) in [7, 11) is -3.57. The number of morpholine rings is 1. The van der Waals surface area contributed by atoms with Gasteiger partial charge in [-0.05, 0) is 36.4 Å². The van der Waals surface area contributed by atoms with Crippen LogP contribution in [0.15, 0.2) is 58.0 Å². The van der Waals surface area contributed by atoms with Gasteiger partial charge in [-0.25, -0.2) is 8.42 Å². The molecule has 0 bridgehead atoms. The van der Waals surface area contributed by atoms with E-state index in [4.69, 9.17) is 9.15 Å². The molecule has 0 aliphatic carbocycles. The number of carbonyl (C=O) groups excluding carboxylic acids is 1. The summed E-state index contributed by atoms with van der Waals surface area (Å²) in [5.74, 6) is 0.155. The lowest BCUT2D eigenvalue weighted by Gasteiger charge is -2.26. The number of H-pyrrole nitrogens is 1. The highest BCUT2D eigenvalue weighted by molar-refractivity contribution is 7.89. The van der Waals surface area contributed by atoms with E-state index in [2.05, 4.69) is 15.5 Å². The molecule has 0 atom stereocenters. The number of hydrogen-bond donors (Lipinski definition) is 2. The maximum Gasteiger partial charge on any atom is 0.276 e. The molecule has 0 radical (unpaired) electrons. The van der Waals surface area contributed by atoms with Crippen molar-refractivity contribution in [2.24, 2.45) is 0 Å². The maximum absolute atomic E-state index is 12.6. The summed E-state index contributed by atoms with van der Waals surface area (Å²) in [6, 6.07) is 11.1. The number of nitrogens with zero attached hydrogens (tertiary/aromatic N) is 2. The minimum Gasteiger partial charge on any atom is -0.463 e. The van der Waals surface area contributed by atoms with Crippen molar-refractivity contribution in [1.82, 2.24) is 14.5 Å². The van der Waals surface area contributed by atoms with Gasteiger partial charge in [0.15, 0.2) is 11.5 Å². The number of sulfonamides is 1. The standard InChI is InChI=1S/C18H18N4O5S/c23-18(16-12-15(20-21-16)17-2-1-9-27-17)19-13-3-5-14(6-4-13)28(24,25)22-7-10-26-11-8-22/h1-6,9,12H,7-8,10-11H2,(H,19,23)(H,20,21). The average molecular weight is 402 g/mol. The number of furan rings is 1. The van der Waals surface area contributed by atoms with Crippen LogP contribution in [-0.4, -0.2) is 55.1 Å². The molecule has 3 aromatic rings. The number of rotatable bonds is 5. The molecule has 1 aliphatic heterocycles. The van der Waals surface area contributed by atoms with Crippen LogP contribution in [0.3, 0.4) is 0 Å². The van der Waals surface area contributed by atoms with Crippen molar-refractivity contribution in [3.8, 4) is 11.5 Å². The first-order valence-electron chi connectivity index (χ1n) is 8.63. The molecule has 9 nitrogen and oxygen atoms in total. The highest BCUT2D eigenvalue weighted by atomic mass is 32.2. The summed E-state index contributed by atoms with van der Waals surface area (Å²) >= 11 is 0. The Kier molecular flexibility index (Phi) is 4.99. The lowest BCUT2D eigenvalue weighted by molar-refractivity contribution is 0.0730. The third-order valence-corrected chi connectivity index (χ3v) is 6.23. The van der Waals surface area contributed by atoms with Gasteiger partial charge in [-0.2, -0.15) is 9.40 Å². The fraction of sp³-hybridized carbons (Fsp3) is 0.222. The van der Waals surface area contributed by atoms with Crippen molar-refractivity contribution < 1.29 is 22.4 Å². The number of carbonyl (C=O) groups is 1. The second-order valence-corrected chi connectivity index (χ2v) is 8.08. The smallest absolute Gasteiger partial charge is 0.276 e. The Balaban J connectivity index is 1.45. The zero-order valence-corrected chi connectivity index (χ0v) is 15.6. The van der Waals surface area contributed by atoms with Gasteiger partial charge >= 0.3 is 0 Å². The molecular formula is C18H18N4O5S. The van der Waals surface area contributed by atoms with Gasteiger partial charge in [0.05, 0.1) is 24.4 Å². The summed E-state index contributed by atoms with van der Waals surface area (Å²) in [6.45, 7) is 1.43. The summed E-state index contributed by atoms with van der Waals surface area (Å²) < 4.78 is 37.1. The fourth-order valence-corrected chi connectivity index (χ4v) is 4.25. The molecule has 1 fully saturated rings. The van der Waals surface area contributed by atoms with E-state index in [1.54, 1.807) is 30.3 Å². The number of amides is 1. The zero-order chi connectivity index (χ0) is 19.6. The Morgan fingerprint density at radius 2 is 1.89 bits per heavy atom. The number of ether oxygens (including phenoxy) is 1. The van der Waals surface area contributed by atoms with E-state index < -0.39 is 15.9 Å². The van der Waals surface area contributed by atoms with Gasteiger partial charge in [-0.15, -0.1) is 0 Å². The van der Waals surface area contributed by atoms with E-state index in [9.17, 15) is 13.2 Å². The number of anilines is 1. The van der Waals surface area contributed by atoms with Crippen molar-refractivity contribution >= 4 is 21.6 Å². The highest BCUT2D eigenvalue weighted by Gasteiger charge is 2.26. The van der Waals surface area contributed by atoms with Crippen molar-refractivity contribution in [3.63, 3.8) is 0 Å². The van der Waals surface area contributed by atoms with E-state index in [1.807, 2.05) is 0 Å². The first-order chi connectivity index (χ1) is 13.5.